The average Bonchev–Trinajstić information content (AvgIpc) is 2.52. The summed E-state index contributed by atoms with van der Waals surface area (Å²) in [7, 11) is 2.27. The maximum atomic E-state index is 9.85. The number of benzene rings is 1. The highest BCUT2D eigenvalue weighted by Crippen LogP contribution is 2.23. The van der Waals surface area contributed by atoms with Gasteiger partial charge in [-0.25, -0.2) is 0 Å². The number of aromatic hydroxyl groups is 1. The Morgan fingerprint density at radius 3 is 2.67 bits per heavy atom. The average molecular weight is 290 g/mol. The van der Waals surface area contributed by atoms with Crippen molar-refractivity contribution in [3.63, 3.8) is 0 Å². The Bertz CT molecular complexity index is 415. The van der Waals surface area contributed by atoms with Gasteiger partial charge in [-0.2, -0.15) is 0 Å². The van der Waals surface area contributed by atoms with Gasteiger partial charge in [0.25, 0.3) is 0 Å². The van der Waals surface area contributed by atoms with E-state index in [1.807, 2.05) is 18.2 Å². The largest absolute Gasteiger partial charge is 0.508 e. The van der Waals surface area contributed by atoms with Gasteiger partial charge in [0.05, 0.1) is 0 Å². The second-order valence-corrected chi connectivity index (χ2v) is 6.36. The molecule has 1 unspecified atom stereocenters. The zero-order valence-electron chi connectivity index (χ0n) is 13.5. The smallest absolute Gasteiger partial charge is 0.120 e. The lowest BCUT2D eigenvalue weighted by Crippen LogP contribution is -2.35. The first-order chi connectivity index (χ1) is 10.2. The van der Waals surface area contributed by atoms with E-state index < -0.39 is 0 Å². The quantitative estimate of drug-likeness (QED) is 0.752. The van der Waals surface area contributed by atoms with E-state index in [2.05, 4.69) is 24.2 Å². The van der Waals surface area contributed by atoms with Crippen molar-refractivity contribution in [2.45, 2.75) is 57.5 Å². The van der Waals surface area contributed by atoms with Gasteiger partial charge in [0.1, 0.15) is 5.75 Å². The molecule has 0 heterocycles. The maximum Gasteiger partial charge on any atom is 0.120 e. The monoisotopic (exact) mass is 290 g/mol. The van der Waals surface area contributed by atoms with Crippen molar-refractivity contribution in [3.8, 4) is 5.75 Å². The predicted molar refractivity (Wildman–Crippen MR) is 88.6 cm³/mol. The van der Waals surface area contributed by atoms with Gasteiger partial charge < -0.3 is 15.3 Å². The van der Waals surface area contributed by atoms with E-state index >= 15 is 0 Å². The van der Waals surface area contributed by atoms with Crippen LogP contribution in [0.3, 0.4) is 0 Å². The van der Waals surface area contributed by atoms with Gasteiger partial charge >= 0.3 is 0 Å². The predicted octanol–water partition coefficient (Wildman–Crippen LogP) is 3.70. The van der Waals surface area contributed by atoms with Crippen molar-refractivity contribution in [2.24, 2.45) is 0 Å². The van der Waals surface area contributed by atoms with Gasteiger partial charge in [0.2, 0.25) is 0 Å². The summed E-state index contributed by atoms with van der Waals surface area (Å²) in [5.74, 6) is 0.386. The van der Waals surface area contributed by atoms with E-state index in [1.165, 1.54) is 32.1 Å². The van der Waals surface area contributed by atoms with Gasteiger partial charge in [0.15, 0.2) is 0 Å². The van der Waals surface area contributed by atoms with E-state index in [0.29, 0.717) is 5.75 Å². The van der Waals surface area contributed by atoms with Crippen molar-refractivity contribution in [3.05, 3.63) is 29.8 Å². The zero-order chi connectivity index (χ0) is 15.1. The summed E-state index contributed by atoms with van der Waals surface area (Å²) in [6.07, 6.45) is 8.13. The Balaban J connectivity index is 1.66. The Kier molecular flexibility index (Phi) is 6.52. The van der Waals surface area contributed by atoms with E-state index in [9.17, 15) is 5.11 Å². The molecule has 1 aliphatic carbocycles. The van der Waals surface area contributed by atoms with Gasteiger partial charge in [0, 0.05) is 17.6 Å². The van der Waals surface area contributed by atoms with Crippen molar-refractivity contribution in [1.82, 2.24) is 10.2 Å². The Labute approximate surface area is 129 Å². The molecule has 1 saturated carbocycles. The van der Waals surface area contributed by atoms with E-state index in [0.717, 1.165) is 31.1 Å². The summed E-state index contributed by atoms with van der Waals surface area (Å²) in [4.78, 5) is 2.53. The van der Waals surface area contributed by atoms with Crippen LogP contribution in [-0.2, 0) is 0 Å². The highest BCUT2D eigenvalue weighted by Gasteiger charge is 2.17. The summed E-state index contributed by atoms with van der Waals surface area (Å²) in [5, 5.41) is 13.4. The van der Waals surface area contributed by atoms with Gasteiger partial charge in [-0.05, 0) is 52.4 Å². The summed E-state index contributed by atoms with van der Waals surface area (Å²) in [6.45, 7) is 4.26. The Hall–Kier alpha value is -1.06. The molecule has 0 aliphatic heterocycles. The van der Waals surface area contributed by atoms with Gasteiger partial charge in [-0.3, -0.25) is 0 Å². The van der Waals surface area contributed by atoms with Crippen LogP contribution in [0.5, 0.6) is 5.75 Å². The molecule has 2 N–H and O–H groups in total. The summed E-state index contributed by atoms with van der Waals surface area (Å²) < 4.78 is 0. The van der Waals surface area contributed by atoms with Crippen LogP contribution in [0.15, 0.2) is 24.3 Å². The molecule has 1 atom stereocenters. The fourth-order valence-corrected chi connectivity index (χ4v) is 3.32. The highest BCUT2D eigenvalue weighted by molar-refractivity contribution is 5.34. The molecule has 1 aliphatic rings. The molecule has 3 nitrogen and oxygen atoms in total. The first-order valence-electron chi connectivity index (χ1n) is 8.40. The van der Waals surface area contributed by atoms with E-state index in [4.69, 9.17) is 0 Å². The van der Waals surface area contributed by atoms with Crippen LogP contribution >= 0.6 is 0 Å². The lowest BCUT2D eigenvalue weighted by Gasteiger charge is -2.31. The van der Waals surface area contributed by atoms with E-state index in [-0.39, 0.29) is 6.04 Å². The van der Waals surface area contributed by atoms with Crippen LogP contribution in [0.1, 0.15) is 57.1 Å². The number of rotatable bonds is 7. The molecule has 1 aromatic rings. The van der Waals surface area contributed by atoms with Gasteiger partial charge in [-0.15, -0.1) is 0 Å². The minimum atomic E-state index is 0.200. The van der Waals surface area contributed by atoms with Crippen LogP contribution in [0.4, 0.5) is 0 Å². The van der Waals surface area contributed by atoms with Crippen molar-refractivity contribution >= 4 is 0 Å². The molecule has 0 amide bonds. The van der Waals surface area contributed by atoms with Crippen LogP contribution in [-0.4, -0.2) is 36.2 Å². The lowest BCUT2D eigenvalue weighted by atomic mass is 9.94. The molecule has 118 valence electrons. The van der Waals surface area contributed by atoms with Crippen LogP contribution in [0.2, 0.25) is 0 Å². The normalized spacial score (nSPS) is 18.0. The third-order valence-corrected chi connectivity index (χ3v) is 4.74. The maximum absolute atomic E-state index is 9.85. The van der Waals surface area contributed by atoms with E-state index in [1.54, 1.807) is 6.07 Å². The zero-order valence-corrected chi connectivity index (χ0v) is 13.5. The van der Waals surface area contributed by atoms with Crippen molar-refractivity contribution in [2.75, 3.05) is 20.1 Å². The van der Waals surface area contributed by atoms with Crippen LogP contribution in [0, 0.1) is 0 Å². The third-order valence-electron chi connectivity index (χ3n) is 4.74. The summed E-state index contributed by atoms with van der Waals surface area (Å²) >= 11 is 0. The number of phenolic OH excluding ortho intramolecular Hbond substituents is 1. The van der Waals surface area contributed by atoms with Crippen molar-refractivity contribution in [1.29, 1.82) is 0 Å². The molecule has 0 aromatic heterocycles. The molecule has 0 spiro atoms. The molecule has 2 rings (SSSR count). The number of nitrogens with zero attached hydrogens (tertiary/aromatic N) is 1. The summed E-state index contributed by atoms with van der Waals surface area (Å²) in [5.41, 5.74) is 0.984. The fourth-order valence-electron chi connectivity index (χ4n) is 3.32. The number of phenols is 1. The minimum Gasteiger partial charge on any atom is -0.508 e. The SMILES string of the molecule is CC(NCCCN(C)C1CCCCC1)c1ccccc1O. The summed E-state index contributed by atoms with van der Waals surface area (Å²) in [6, 6.07) is 8.58. The molecule has 3 heteroatoms. The second kappa shape index (κ2) is 8.40. The number of nitrogens with one attached hydrogen (secondary N) is 1. The highest BCUT2D eigenvalue weighted by atomic mass is 16.3. The molecular weight excluding hydrogens is 260 g/mol. The number of hydrogen-bond donors (Lipinski definition) is 2. The first-order valence-corrected chi connectivity index (χ1v) is 8.40. The van der Waals surface area contributed by atoms with Gasteiger partial charge in [-0.1, -0.05) is 37.5 Å². The van der Waals surface area contributed by atoms with Crippen LogP contribution in [0.25, 0.3) is 0 Å². The number of para-hydroxylation sites is 1. The molecule has 1 aromatic carbocycles. The third kappa shape index (κ3) is 5.01. The second-order valence-electron chi connectivity index (χ2n) is 6.36. The molecular formula is C18H30N2O. The van der Waals surface area contributed by atoms with Crippen molar-refractivity contribution < 1.29 is 5.11 Å². The minimum absolute atomic E-state index is 0.200. The Morgan fingerprint density at radius 1 is 1.24 bits per heavy atom. The Morgan fingerprint density at radius 2 is 1.95 bits per heavy atom. The lowest BCUT2D eigenvalue weighted by molar-refractivity contribution is 0.189. The standard InChI is InChI=1S/C18H30N2O/c1-15(17-11-6-7-12-18(17)21)19-13-8-14-20(2)16-9-4-3-5-10-16/h6-7,11-12,15-16,19,21H,3-5,8-10,13-14H2,1-2H3. The molecule has 0 bridgehead atoms. The molecule has 21 heavy (non-hydrogen) atoms. The van der Waals surface area contributed by atoms with Crippen LogP contribution < -0.4 is 5.32 Å². The number of hydrogen-bond acceptors (Lipinski definition) is 3. The topological polar surface area (TPSA) is 35.5 Å². The molecule has 0 saturated heterocycles. The fraction of sp³-hybridized carbons (Fsp3) is 0.667. The first kappa shape index (κ1) is 16.3. The molecule has 0 radical (unpaired) electrons. The molecule has 1 fully saturated rings.